The first-order valence-corrected chi connectivity index (χ1v) is 16.6. The van der Waals surface area contributed by atoms with Crippen molar-refractivity contribution in [1.82, 2.24) is 0 Å². The Hall–Kier alpha value is -3.42. The standard InChI is InChI=1S/C36H34Si/c1-5-25-23-29-19-13-21-31(27-15-9-7-10-16-27)33(29)35(25)37(3,4)36-26(6-2)24-30-20-14-22-32(34(30)36)28-17-11-8-12-18-28/h7-24H,5-6H2,1-4H3. The van der Waals surface area contributed by atoms with Crippen LogP contribution in [0.25, 0.3) is 32.6 Å². The van der Waals surface area contributed by atoms with Crippen molar-refractivity contribution in [2.75, 3.05) is 0 Å². The van der Waals surface area contributed by atoms with Crippen LogP contribution in [-0.4, -0.2) is 8.07 Å². The summed E-state index contributed by atoms with van der Waals surface area (Å²) >= 11 is 0. The van der Waals surface area contributed by atoms with Crippen LogP contribution in [0.5, 0.6) is 0 Å². The van der Waals surface area contributed by atoms with Gasteiger partial charge in [0.15, 0.2) is 0 Å². The molecule has 182 valence electrons. The van der Waals surface area contributed by atoms with Gasteiger partial charge in [0.1, 0.15) is 8.07 Å². The molecule has 0 aliphatic heterocycles. The molecule has 2 aliphatic rings. The third-order valence-electron chi connectivity index (χ3n) is 8.18. The highest BCUT2D eigenvalue weighted by atomic mass is 28.3. The van der Waals surface area contributed by atoms with Gasteiger partial charge in [-0.25, -0.2) is 0 Å². The van der Waals surface area contributed by atoms with Gasteiger partial charge >= 0.3 is 0 Å². The number of hydrogen-bond acceptors (Lipinski definition) is 0. The van der Waals surface area contributed by atoms with Crippen LogP contribution in [0.1, 0.15) is 48.9 Å². The van der Waals surface area contributed by atoms with Crippen molar-refractivity contribution in [3.63, 3.8) is 0 Å². The molecule has 0 fully saturated rings. The monoisotopic (exact) mass is 494 g/mol. The van der Waals surface area contributed by atoms with Gasteiger partial charge in [-0.15, -0.1) is 0 Å². The third kappa shape index (κ3) is 3.88. The van der Waals surface area contributed by atoms with Gasteiger partial charge in [-0.2, -0.15) is 0 Å². The van der Waals surface area contributed by atoms with Gasteiger partial charge < -0.3 is 0 Å². The van der Waals surface area contributed by atoms with Crippen LogP contribution in [0.15, 0.2) is 108 Å². The first-order chi connectivity index (χ1) is 18.0. The molecule has 0 amide bonds. The van der Waals surface area contributed by atoms with Gasteiger partial charge in [0.2, 0.25) is 0 Å². The molecule has 1 heteroatoms. The molecule has 0 N–H and O–H groups in total. The lowest BCUT2D eigenvalue weighted by atomic mass is 9.97. The van der Waals surface area contributed by atoms with E-state index in [0.29, 0.717) is 0 Å². The average Bonchev–Trinajstić information content (AvgIpc) is 3.53. The van der Waals surface area contributed by atoms with E-state index in [1.54, 1.807) is 10.4 Å². The quantitative estimate of drug-likeness (QED) is 0.234. The molecule has 0 atom stereocenters. The Kier molecular flexibility index (Phi) is 6.13. The van der Waals surface area contributed by atoms with Crippen LogP contribution in [0.2, 0.25) is 13.1 Å². The summed E-state index contributed by atoms with van der Waals surface area (Å²) in [5.74, 6) is 0. The minimum absolute atomic E-state index is 1.06. The minimum Gasteiger partial charge on any atom is -0.0622 e. The lowest BCUT2D eigenvalue weighted by Gasteiger charge is -2.32. The first kappa shape index (κ1) is 23.9. The van der Waals surface area contributed by atoms with Crippen LogP contribution < -0.4 is 0 Å². The maximum Gasteiger partial charge on any atom is 0.113 e. The zero-order chi connectivity index (χ0) is 25.6. The van der Waals surface area contributed by atoms with Crippen molar-refractivity contribution >= 4 is 18.5 Å². The predicted octanol–water partition coefficient (Wildman–Crippen LogP) is 9.97. The van der Waals surface area contributed by atoms with Crippen molar-refractivity contribution in [3.8, 4) is 22.3 Å². The number of fused-ring (bicyclic) bond motifs is 2. The van der Waals surface area contributed by atoms with E-state index in [-0.39, 0.29) is 0 Å². The molecule has 0 saturated heterocycles. The van der Waals surface area contributed by atoms with Crippen molar-refractivity contribution in [2.24, 2.45) is 0 Å². The molecule has 2 radical (unpaired) electrons. The second-order valence-corrected chi connectivity index (χ2v) is 14.9. The van der Waals surface area contributed by atoms with E-state index in [2.05, 4.69) is 137 Å². The molecule has 0 unspecified atom stereocenters. The van der Waals surface area contributed by atoms with Crippen LogP contribution in [-0.2, 0) is 0 Å². The molecule has 6 rings (SSSR count). The van der Waals surface area contributed by atoms with Crippen LogP contribution >= 0.6 is 0 Å². The largest absolute Gasteiger partial charge is 0.113 e. The van der Waals surface area contributed by atoms with Gasteiger partial charge in [-0.3, -0.25) is 0 Å². The van der Waals surface area contributed by atoms with Gasteiger partial charge in [-0.1, -0.05) is 135 Å². The highest BCUT2D eigenvalue weighted by molar-refractivity contribution is 7.09. The zero-order valence-corrected chi connectivity index (χ0v) is 23.3. The third-order valence-corrected chi connectivity index (χ3v) is 11.8. The van der Waals surface area contributed by atoms with Crippen LogP contribution in [0.3, 0.4) is 0 Å². The summed E-state index contributed by atoms with van der Waals surface area (Å²) in [6.07, 6.45) is 7.06. The van der Waals surface area contributed by atoms with Crippen molar-refractivity contribution in [3.05, 3.63) is 143 Å². The van der Waals surface area contributed by atoms with E-state index in [9.17, 15) is 0 Å². The topological polar surface area (TPSA) is 0 Å². The second-order valence-electron chi connectivity index (χ2n) is 10.7. The Balaban J connectivity index is 1.60. The summed E-state index contributed by atoms with van der Waals surface area (Å²) in [5, 5.41) is 3.24. The zero-order valence-electron chi connectivity index (χ0n) is 22.3. The molecule has 0 heterocycles. The molecule has 4 aromatic carbocycles. The van der Waals surface area contributed by atoms with Crippen molar-refractivity contribution in [1.29, 1.82) is 0 Å². The number of allylic oxidation sites excluding steroid dienone is 2. The fourth-order valence-electron chi connectivity index (χ4n) is 6.61. The van der Waals surface area contributed by atoms with E-state index >= 15 is 0 Å². The highest BCUT2D eigenvalue weighted by Crippen LogP contribution is 2.54. The average molecular weight is 495 g/mol. The van der Waals surface area contributed by atoms with Gasteiger partial charge in [-0.05, 0) is 67.7 Å². The van der Waals surface area contributed by atoms with Crippen LogP contribution in [0.4, 0.5) is 0 Å². The second kappa shape index (κ2) is 9.47. The van der Waals surface area contributed by atoms with Gasteiger partial charge in [0.05, 0.1) is 0 Å². The molecule has 37 heavy (non-hydrogen) atoms. The van der Waals surface area contributed by atoms with E-state index in [1.165, 1.54) is 55.7 Å². The number of rotatable bonds is 6. The Morgan fingerprint density at radius 2 is 0.892 bits per heavy atom. The predicted molar refractivity (Wildman–Crippen MR) is 162 cm³/mol. The number of benzene rings is 4. The first-order valence-electron chi connectivity index (χ1n) is 13.6. The molecule has 0 bridgehead atoms. The molecule has 0 nitrogen and oxygen atoms in total. The normalized spacial score (nSPS) is 14.8. The molecular formula is C36H34Si. The lowest BCUT2D eigenvalue weighted by molar-refractivity contribution is 1.13. The lowest BCUT2D eigenvalue weighted by Crippen LogP contribution is -2.32. The Bertz CT molecular complexity index is 1420. The molecule has 4 aromatic rings. The summed E-state index contributed by atoms with van der Waals surface area (Å²) in [6.45, 7) is 9.84. The molecule has 0 aromatic heterocycles. The maximum absolute atomic E-state index is 2.60. The van der Waals surface area contributed by atoms with E-state index in [1.807, 2.05) is 0 Å². The smallest absolute Gasteiger partial charge is 0.0622 e. The van der Waals surface area contributed by atoms with E-state index in [4.69, 9.17) is 0 Å². The summed E-state index contributed by atoms with van der Waals surface area (Å²) < 4.78 is 0. The minimum atomic E-state index is -2.14. The van der Waals surface area contributed by atoms with Gasteiger partial charge in [0.25, 0.3) is 0 Å². The number of hydrogen-bond donors (Lipinski definition) is 0. The van der Waals surface area contributed by atoms with E-state index in [0.717, 1.165) is 12.8 Å². The summed E-state index contributed by atoms with van der Waals surface area (Å²) in [7, 11) is -2.14. The Morgan fingerprint density at radius 1 is 0.486 bits per heavy atom. The Labute approximate surface area is 223 Å². The van der Waals surface area contributed by atoms with Crippen molar-refractivity contribution < 1.29 is 0 Å². The molecule has 0 saturated carbocycles. The summed E-state index contributed by atoms with van der Waals surface area (Å²) in [4.78, 5) is 0. The van der Waals surface area contributed by atoms with Gasteiger partial charge in [0, 0.05) is 12.8 Å². The summed E-state index contributed by atoms with van der Waals surface area (Å²) in [6, 6.07) is 35.6. The molecule has 2 aliphatic carbocycles. The van der Waals surface area contributed by atoms with Crippen LogP contribution in [0, 0.1) is 12.8 Å². The van der Waals surface area contributed by atoms with Crippen molar-refractivity contribution in [2.45, 2.75) is 39.8 Å². The fourth-order valence-corrected chi connectivity index (χ4v) is 10.8. The SMILES string of the molecule is CCC1=C([Si](C)(C)C2=C(CC)[CH]c3cccc(-c4ccccc4)c32)c2c(cccc2-c2ccccc2)[CH]1. The molecule has 0 spiro atoms. The Morgan fingerprint density at radius 3 is 1.27 bits per heavy atom. The fraction of sp³-hybridized carbons (Fsp3) is 0.167. The molecular weight excluding hydrogens is 460 g/mol. The van der Waals surface area contributed by atoms with E-state index < -0.39 is 8.07 Å². The maximum atomic E-state index is 2.60. The highest BCUT2D eigenvalue weighted by Gasteiger charge is 2.43. The summed E-state index contributed by atoms with van der Waals surface area (Å²) in [5.41, 5.74) is 14.1.